The van der Waals surface area contributed by atoms with Crippen molar-refractivity contribution in [1.82, 2.24) is 4.90 Å². The van der Waals surface area contributed by atoms with Crippen LogP contribution in [0.25, 0.3) is 0 Å². The minimum Gasteiger partial charge on any atom is -0.497 e. The number of benzene rings is 2. The fraction of sp³-hybridized carbons (Fsp3) is 0.188. The van der Waals surface area contributed by atoms with E-state index in [2.05, 4.69) is 15.9 Å². The summed E-state index contributed by atoms with van der Waals surface area (Å²) in [6, 6.07) is 11.9. The van der Waals surface area contributed by atoms with E-state index in [1.165, 1.54) is 24.1 Å². The van der Waals surface area contributed by atoms with Crippen LogP contribution in [0.1, 0.15) is 15.9 Å². The molecular weight excluding hydrogens is 337 g/mol. The molecule has 1 amide bonds. The molecule has 0 unspecified atom stereocenters. The van der Waals surface area contributed by atoms with Crippen LogP contribution in [0.15, 0.2) is 46.9 Å². The first-order valence-corrected chi connectivity index (χ1v) is 7.14. The number of hydrogen-bond donors (Lipinski definition) is 0. The summed E-state index contributed by atoms with van der Waals surface area (Å²) in [5, 5.41) is 0. The van der Waals surface area contributed by atoms with Crippen LogP contribution in [0, 0.1) is 5.82 Å². The van der Waals surface area contributed by atoms with E-state index in [0.717, 1.165) is 10.0 Å². The molecule has 0 radical (unpaired) electrons. The predicted octanol–water partition coefficient (Wildman–Crippen LogP) is 3.87. The first-order valence-electron chi connectivity index (χ1n) is 6.34. The van der Waals surface area contributed by atoms with Crippen LogP contribution < -0.4 is 4.74 Å². The van der Waals surface area contributed by atoms with Crippen molar-refractivity contribution in [3.05, 3.63) is 63.9 Å². The molecule has 0 aliphatic carbocycles. The molecule has 0 spiro atoms. The van der Waals surface area contributed by atoms with Crippen LogP contribution in [0.4, 0.5) is 4.39 Å². The summed E-state index contributed by atoms with van der Waals surface area (Å²) in [6.45, 7) is 0.414. The van der Waals surface area contributed by atoms with Gasteiger partial charge in [-0.3, -0.25) is 4.79 Å². The average Bonchev–Trinajstić information content (AvgIpc) is 2.48. The molecule has 110 valence electrons. The number of carbonyl (C=O) groups excluding carboxylic acids is 1. The van der Waals surface area contributed by atoms with Crippen molar-refractivity contribution in [1.29, 1.82) is 0 Å². The Morgan fingerprint density at radius 1 is 1.24 bits per heavy atom. The molecule has 0 bridgehead atoms. The largest absolute Gasteiger partial charge is 0.497 e. The lowest BCUT2D eigenvalue weighted by Gasteiger charge is -2.18. The second-order valence-corrected chi connectivity index (χ2v) is 5.55. The number of halogens is 2. The van der Waals surface area contributed by atoms with Crippen molar-refractivity contribution < 1.29 is 13.9 Å². The topological polar surface area (TPSA) is 29.5 Å². The fourth-order valence-corrected chi connectivity index (χ4v) is 2.20. The van der Waals surface area contributed by atoms with Gasteiger partial charge in [-0.05, 0) is 29.8 Å². The van der Waals surface area contributed by atoms with Gasteiger partial charge < -0.3 is 9.64 Å². The molecule has 0 fully saturated rings. The Balaban J connectivity index is 2.13. The zero-order valence-corrected chi connectivity index (χ0v) is 13.4. The molecule has 2 aromatic carbocycles. The smallest absolute Gasteiger partial charge is 0.256 e. The zero-order chi connectivity index (χ0) is 15.4. The van der Waals surface area contributed by atoms with Gasteiger partial charge in [-0.25, -0.2) is 4.39 Å². The van der Waals surface area contributed by atoms with E-state index < -0.39 is 5.82 Å². The summed E-state index contributed by atoms with van der Waals surface area (Å²) in [4.78, 5) is 13.8. The SMILES string of the molecule is COc1ccc(C(=O)N(C)Cc2ccc(Br)cc2)c(F)c1. The van der Waals surface area contributed by atoms with E-state index in [0.29, 0.717) is 12.3 Å². The van der Waals surface area contributed by atoms with Crippen LogP contribution in [-0.2, 0) is 6.54 Å². The number of nitrogens with zero attached hydrogens (tertiary/aromatic N) is 1. The third-order valence-electron chi connectivity index (χ3n) is 3.09. The number of hydrogen-bond acceptors (Lipinski definition) is 2. The van der Waals surface area contributed by atoms with Gasteiger partial charge in [0.1, 0.15) is 11.6 Å². The number of ether oxygens (including phenoxy) is 1. The molecule has 0 aliphatic rings. The van der Waals surface area contributed by atoms with Crippen molar-refractivity contribution in [2.45, 2.75) is 6.54 Å². The zero-order valence-electron chi connectivity index (χ0n) is 11.8. The summed E-state index contributed by atoms with van der Waals surface area (Å²) in [5.41, 5.74) is 1.01. The normalized spacial score (nSPS) is 10.3. The van der Waals surface area contributed by atoms with Crippen LogP contribution in [0.5, 0.6) is 5.75 Å². The van der Waals surface area contributed by atoms with Crippen LogP contribution in [-0.4, -0.2) is 25.0 Å². The predicted molar refractivity (Wildman–Crippen MR) is 82.9 cm³/mol. The molecule has 0 saturated carbocycles. The van der Waals surface area contributed by atoms with Crippen molar-refractivity contribution in [3.63, 3.8) is 0 Å². The Kier molecular flexibility index (Phi) is 4.96. The minimum absolute atomic E-state index is 0.0374. The maximum absolute atomic E-state index is 13.9. The van der Waals surface area contributed by atoms with Gasteiger partial charge in [0.2, 0.25) is 0 Å². The molecule has 0 atom stereocenters. The van der Waals surface area contributed by atoms with E-state index in [1.807, 2.05) is 24.3 Å². The lowest BCUT2D eigenvalue weighted by atomic mass is 10.1. The Bertz CT molecular complexity index is 643. The molecule has 5 heteroatoms. The highest BCUT2D eigenvalue weighted by atomic mass is 79.9. The lowest BCUT2D eigenvalue weighted by molar-refractivity contribution is 0.0780. The summed E-state index contributed by atoms with van der Waals surface area (Å²) < 4.78 is 19.8. The highest BCUT2D eigenvalue weighted by Gasteiger charge is 2.17. The third-order valence-corrected chi connectivity index (χ3v) is 3.62. The maximum atomic E-state index is 13.9. The quantitative estimate of drug-likeness (QED) is 0.836. The molecule has 21 heavy (non-hydrogen) atoms. The molecule has 2 rings (SSSR count). The molecule has 2 aromatic rings. The summed E-state index contributed by atoms with van der Waals surface area (Å²) in [5.74, 6) is -0.556. The molecule has 0 saturated heterocycles. The molecule has 3 nitrogen and oxygen atoms in total. The van der Waals surface area contributed by atoms with E-state index >= 15 is 0 Å². The van der Waals surface area contributed by atoms with E-state index in [1.54, 1.807) is 13.1 Å². The Hall–Kier alpha value is -1.88. The molecule has 0 N–H and O–H groups in total. The van der Waals surface area contributed by atoms with Gasteiger partial charge in [0, 0.05) is 24.1 Å². The second-order valence-electron chi connectivity index (χ2n) is 4.63. The third kappa shape index (κ3) is 3.82. The van der Waals surface area contributed by atoms with E-state index in [4.69, 9.17) is 4.74 Å². The Morgan fingerprint density at radius 3 is 2.48 bits per heavy atom. The van der Waals surface area contributed by atoms with Crippen LogP contribution in [0.3, 0.4) is 0 Å². The molecule has 0 aromatic heterocycles. The van der Waals surface area contributed by atoms with E-state index in [-0.39, 0.29) is 11.5 Å². The van der Waals surface area contributed by atoms with Gasteiger partial charge in [0.25, 0.3) is 5.91 Å². The fourth-order valence-electron chi connectivity index (χ4n) is 1.94. The monoisotopic (exact) mass is 351 g/mol. The van der Waals surface area contributed by atoms with Crippen molar-refractivity contribution in [2.75, 3.05) is 14.2 Å². The first-order chi connectivity index (χ1) is 10.0. The molecule has 0 aliphatic heterocycles. The van der Waals surface area contributed by atoms with Gasteiger partial charge in [-0.15, -0.1) is 0 Å². The van der Waals surface area contributed by atoms with Crippen molar-refractivity contribution in [2.24, 2.45) is 0 Å². The number of amides is 1. The standard InChI is InChI=1S/C16H15BrFNO2/c1-19(10-11-3-5-12(17)6-4-11)16(20)14-8-7-13(21-2)9-15(14)18/h3-9H,10H2,1-2H3. The van der Waals surface area contributed by atoms with Gasteiger partial charge >= 0.3 is 0 Å². The van der Waals surface area contributed by atoms with Crippen molar-refractivity contribution >= 4 is 21.8 Å². The van der Waals surface area contributed by atoms with Crippen LogP contribution >= 0.6 is 15.9 Å². The van der Waals surface area contributed by atoms with E-state index in [9.17, 15) is 9.18 Å². The Morgan fingerprint density at radius 2 is 1.90 bits per heavy atom. The van der Waals surface area contributed by atoms with Gasteiger partial charge in [-0.2, -0.15) is 0 Å². The van der Waals surface area contributed by atoms with Gasteiger partial charge in [0.15, 0.2) is 0 Å². The number of rotatable bonds is 4. The van der Waals surface area contributed by atoms with Gasteiger partial charge in [0.05, 0.1) is 12.7 Å². The second kappa shape index (κ2) is 6.72. The average molecular weight is 352 g/mol. The van der Waals surface area contributed by atoms with Gasteiger partial charge in [-0.1, -0.05) is 28.1 Å². The summed E-state index contributed by atoms with van der Waals surface area (Å²) in [6.07, 6.45) is 0. The number of methoxy groups -OCH3 is 1. The first kappa shape index (κ1) is 15.5. The highest BCUT2D eigenvalue weighted by Crippen LogP contribution is 2.18. The Labute approximate surface area is 131 Å². The molecule has 0 heterocycles. The minimum atomic E-state index is -0.581. The number of carbonyl (C=O) groups is 1. The van der Waals surface area contributed by atoms with Crippen molar-refractivity contribution in [3.8, 4) is 5.75 Å². The van der Waals surface area contributed by atoms with Crippen LogP contribution in [0.2, 0.25) is 0 Å². The lowest BCUT2D eigenvalue weighted by Crippen LogP contribution is -2.27. The molecular formula is C16H15BrFNO2. The summed E-state index contributed by atoms with van der Waals surface area (Å²) >= 11 is 3.36. The summed E-state index contributed by atoms with van der Waals surface area (Å²) in [7, 11) is 3.10. The highest BCUT2D eigenvalue weighted by molar-refractivity contribution is 9.10. The maximum Gasteiger partial charge on any atom is 0.256 e.